The van der Waals surface area contributed by atoms with Crippen LogP contribution in [0.3, 0.4) is 0 Å². The first-order chi connectivity index (χ1) is 9.24. The lowest BCUT2D eigenvalue weighted by Crippen LogP contribution is -2.15. The number of nitrogens with two attached hydrogens (primary N) is 1. The van der Waals surface area contributed by atoms with Gasteiger partial charge in [0.25, 0.3) is 0 Å². The van der Waals surface area contributed by atoms with Crippen LogP contribution in [-0.4, -0.2) is 12.0 Å². The number of hydrogen-bond acceptors (Lipinski definition) is 3. The maximum Gasteiger partial charge on any atom is 0.118 e. The van der Waals surface area contributed by atoms with E-state index in [2.05, 4.69) is 29.2 Å². The number of benzene rings is 2. The van der Waals surface area contributed by atoms with Gasteiger partial charge in [0.2, 0.25) is 0 Å². The van der Waals surface area contributed by atoms with Crippen LogP contribution < -0.4 is 10.5 Å². The molecule has 0 saturated carbocycles. The van der Waals surface area contributed by atoms with Gasteiger partial charge in [-0.3, -0.25) is 4.90 Å². The van der Waals surface area contributed by atoms with Gasteiger partial charge in [0.15, 0.2) is 0 Å². The highest BCUT2D eigenvalue weighted by Crippen LogP contribution is 2.26. The molecule has 0 spiro atoms. The van der Waals surface area contributed by atoms with Gasteiger partial charge in [0.05, 0.1) is 7.11 Å². The third-order valence-corrected chi connectivity index (χ3v) is 3.58. The third-order valence-electron chi connectivity index (χ3n) is 3.58. The van der Waals surface area contributed by atoms with Crippen LogP contribution in [0.25, 0.3) is 0 Å². The molecule has 2 aromatic rings. The Bertz CT molecular complexity index is 578. The molecule has 0 aliphatic carbocycles. The summed E-state index contributed by atoms with van der Waals surface area (Å²) in [4.78, 5) is 2.42. The summed E-state index contributed by atoms with van der Waals surface area (Å²) in [5.74, 6) is 0.904. The monoisotopic (exact) mass is 254 g/mol. The lowest BCUT2D eigenvalue weighted by molar-refractivity contribution is 0.275. The first-order valence-electron chi connectivity index (χ1n) is 6.47. The fourth-order valence-corrected chi connectivity index (χ4v) is 2.59. The van der Waals surface area contributed by atoms with Crippen molar-refractivity contribution < 1.29 is 4.74 Å². The Balaban J connectivity index is 1.69. The summed E-state index contributed by atoms with van der Waals surface area (Å²) in [6, 6.07) is 14.5. The van der Waals surface area contributed by atoms with Gasteiger partial charge < -0.3 is 10.5 Å². The van der Waals surface area contributed by atoms with E-state index in [1.165, 1.54) is 16.7 Å². The second-order valence-corrected chi connectivity index (χ2v) is 5.02. The van der Waals surface area contributed by atoms with Gasteiger partial charge in [-0.1, -0.05) is 18.2 Å². The quantitative estimate of drug-likeness (QED) is 0.856. The van der Waals surface area contributed by atoms with Gasteiger partial charge in [-0.2, -0.15) is 0 Å². The van der Waals surface area contributed by atoms with E-state index >= 15 is 0 Å². The summed E-state index contributed by atoms with van der Waals surface area (Å²) in [6.45, 7) is 2.94. The van der Waals surface area contributed by atoms with Crippen molar-refractivity contribution in [1.29, 1.82) is 0 Å². The van der Waals surface area contributed by atoms with Crippen molar-refractivity contribution in [3.05, 3.63) is 59.2 Å². The minimum absolute atomic E-state index is 0.852. The standard InChI is InChI=1S/C16H18N2O/c1-19-16-6-2-12(3-7-16)9-18-10-13-4-5-15(17)8-14(13)11-18/h2-8H,9-11,17H2,1H3. The van der Waals surface area contributed by atoms with Crippen LogP contribution in [0.4, 0.5) is 5.69 Å². The number of fused-ring (bicyclic) bond motifs is 1. The van der Waals surface area contributed by atoms with Crippen LogP contribution >= 0.6 is 0 Å². The molecule has 0 unspecified atom stereocenters. The zero-order chi connectivity index (χ0) is 13.2. The van der Waals surface area contributed by atoms with E-state index in [9.17, 15) is 0 Å². The molecular formula is C16H18N2O. The van der Waals surface area contributed by atoms with Crippen LogP contribution in [-0.2, 0) is 19.6 Å². The summed E-state index contributed by atoms with van der Waals surface area (Å²) in [5.41, 5.74) is 10.7. The Morgan fingerprint density at radius 2 is 1.79 bits per heavy atom. The average molecular weight is 254 g/mol. The number of nitrogen functional groups attached to an aromatic ring is 1. The molecule has 1 aliphatic rings. The van der Waals surface area contributed by atoms with Gasteiger partial charge >= 0.3 is 0 Å². The van der Waals surface area contributed by atoms with Crippen molar-refractivity contribution in [3.8, 4) is 5.75 Å². The van der Waals surface area contributed by atoms with E-state index in [4.69, 9.17) is 10.5 Å². The van der Waals surface area contributed by atoms with E-state index in [0.29, 0.717) is 0 Å². The highest BCUT2D eigenvalue weighted by molar-refractivity contribution is 5.46. The molecule has 1 heterocycles. The lowest BCUT2D eigenvalue weighted by atomic mass is 10.1. The lowest BCUT2D eigenvalue weighted by Gasteiger charge is -2.14. The SMILES string of the molecule is COc1ccc(CN2Cc3ccc(N)cc3C2)cc1. The van der Waals surface area contributed by atoms with E-state index in [-0.39, 0.29) is 0 Å². The number of ether oxygens (including phenoxy) is 1. The highest BCUT2D eigenvalue weighted by Gasteiger charge is 2.18. The second kappa shape index (κ2) is 4.94. The zero-order valence-corrected chi connectivity index (χ0v) is 11.1. The summed E-state index contributed by atoms with van der Waals surface area (Å²) < 4.78 is 5.18. The van der Waals surface area contributed by atoms with E-state index in [1.807, 2.05) is 18.2 Å². The summed E-state index contributed by atoms with van der Waals surface area (Å²) in [5, 5.41) is 0. The molecule has 3 heteroatoms. The molecule has 2 N–H and O–H groups in total. The predicted molar refractivity (Wildman–Crippen MR) is 76.8 cm³/mol. The maximum atomic E-state index is 5.83. The Kier molecular flexibility index (Phi) is 3.13. The van der Waals surface area contributed by atoms with Gasteiger partial charge in [0, 0.05) is 25.3 Å². The summed E-state index contributed by atoms with van der Waals surface area (Å²) >= 11 is 0. The number of rotatable bonds is 3. The predicted octanol–water partition coefficient (Wildman–Crippen LogP) is 2.79. The molecule has 1 aliphatic heterocycles. The smallest absolute Gasteiger partial charge is 0.118 e. The number of hydrogen-bond donors (Lipinski definition) is 1. The van der Waals surface area contributed by atoms with Gasteiger partial charge in [0.1, 0.15) is 5.75 Å². The molecular weight excluding hydrogens is 236 g/mol. The Labute approximate surface area is 113 Å². The number of methoxy groups -OCH3 is 1. The number of nitrogens with zero attached hydrogens (tertiary/aromatic N) is 1. The number of anilines is 1. The highest BCUT2D eigenvalue weighted by atomic mass is 16.5. The van der Waals surface area contributed by atoms with Gasteiger partial charge in [-0.25, -0.2) is 0 Å². The van der Waals surface area contributed by atoms with Crippen molar-refractivity contribution in [2.45, 2.75) is 19.6 Å². The van der Waals surface area contributed by atoms with Crippen molar-refractivity contribution in [2.75, 3.05) is 12.8 Å². The minimum Gasteiger partial charge on any atom is -0.497 e. The molecule has 3 nitrogen and oxygen atoms in total. The molecule has 0 saturated heterocycles. The Morgan fingerprint density at radius 3 is 2.53 bits per heavy atom. The van der Waals surface area contributed by atoms with Crippen molar-refractivity contribution >= 4 is 5.69 Å². The summed E-state index contributed by atoms with van der Waals surface area (Å²) in [6.07, 6.45) is 0. The van der Waals surface area contributed by atoms with Crippen LogP contribution in [0.15, 0.2) is 42.5 Å². The van der Waals surface area contributed by atoms with Crippen LogP contribution in [0, 0.1) is 0 Å². The van der Waals surface area contributed by atoms with Crippen LogP contribution in [0.2, 0.25) is 0 Å². The fraction of sp³-hybridized carbons (Fsp3) is 0.250. The topological polar surface area (TPSA) is 38.5 Å². The fourth-order valence-electron chi connectivity index (χ4n) is 2.59. The van der Waals surface area contributed by atoms with E-state index in [0.717, 1.165) is 31.1 Å². The molecule has 0 fully saturated rings. The Morgan fingerprint density at radius 1 is 1.05 bits per heavy atom. The second-order valence-electron chi connectivity index (χ2n) is 5.02. The molecule has 0 radical (unpaired) electrons. The summed E-state index contributed by atoms with van der Waals surface area (Å²) in [7, 11) is 1.69. The van der Waals surface area contributed by atoms with Crippen molar-refractivity contribution in [3.63, 3.8) is 0 Å². The normalized spacial score (nSPS) is 14.4. The van der Waals surface area contributed by atoms with Gasteiger partial charge in [-0.15, -0.1) is 0 Å². The zero-order valence-electron chi connectivity index (χ0n) is 11.1. The van der Waals surface area contributed by atoms with E-state index < -0.39 is 0 Å². The maximum absolute atomic E-state index is 5.83. The molecule has 0 amide bonds. The van der Waals surface area contributed by atoms with Crippen LogP contribution in [0.1, 0.15) is 16.7 Å². The van der Waals surface area contributed by atoms with Gasteiger partial charge in [-0.05, 0) is 41.0 Å². The third kappa shape index (κ3) is 2.56. The molecule has 0 aromatic heterocycles. The van der Waals surface area contributed by atoms with Crippen LogP contribution in [0.5, 0.6) is 5.75 Å². The molecule has 98 valence electrons. The molecule has 0 atom stereocenters. The Hall–Kier alpha value is -2.00. The first-order valence-corrected chi connectivity index (χ1v) is 6.47. The molecule has 19 heavy (non-hydrogen) atoms. The van der Waals surface area contributed by atoms with Crippen molar-refractivity contribution in [1.82, 2.24) is 4.90 Å². The largest absolute Gasteiger partial charge is 0.497 e. The van der Waals surface area contributed by atoms with E-state index in [1.54, 1.807) is 7.11 Å². The first kappa shape index (κ1) is 12.1. The molecule has 3 rings (SSSR count). The molecule has 2 aromatic carbocycles. The van der Waals surface area contributed by atoms with Crippen molar-refractivity contribution in [2.24, 2.45) is 0 Å². The minimum atomic E-state index is 0.852. The molecule has 0 bridgehead atoms. The average Bonchev–Trinajstić information content (AvgIpc) is 2.81.